The Hall–Kier alpha value is -2.29. The summed E-state index contributed by atoms with van der Waals surface area (Å²) >= 11 is 1.52. The van der Waals surface area contributed by atoms with E-state index in [9.17, 15) is 10.1 Å². The number of nitrogen functional groups attached to an aromatic ring is 1. The fourth-order valence-corrected chi connectivity index (χ4v) is 2.29. The number of hydrogen-bond donors (Lipinski definition) is 2. The number of nitrogens with two attached hydrogens (primary N) is 1. The van der Waals surface area contributed by atoms with Gasteiger partial charge in [-0.05, 0) is 13.8 Å². The largest absolute Gasteiger partial charge is 0.378 e. The van der Waals surface area contributed by atoms with Gasteiger partial charge in [0.05, 0.1) is 11.0 Å². The van der Waals surface area contributed by atoms with Crippen molar-refractivity contribution in [3.8, 4) is 0 Å². The molecule has 100 valence electrons. The first-order valence-corrected chi connectivity index (χ1v) is 6.24. The normalized spacial score (nSPS) is 12.1. The van der Waals surface area contributed by atoms with E-state index in [-0.39, 0.29) is 23.4 Å². The fraction of sp³-hybridized carbons (Fsp3) is 0.300. The Balaban J connectivity index is 2.28. The number of aromatic nitrogens is 3. The van der Waals surface area contributed by atoms with Crippen LogP contribution in [0, 0.1) is 17.0 Å². The number of thiazole rings is 1. The van der Waals surface area contributed by atoms with Gasteiger partial charge < -0.3 is 11.1 Å². The first-order chi connectivity index (χ1) is 8.99. The summed E-state index contributed by atoms with van der Waals surface area (Å²) in [4.78, 5) is 23.1. The summed E-state index contributed by atoms with van der Waals surface area (Å²) in [5, 5.41) is 14.7. The number of anilines is 2. The van der Waals surface area contributed by atoms with E-state index in [4.69, 9.17) is 5.73 Å². The molecule has 9 heteroatoms. The third-order valence-electron chi connectivity index (χ3n) is 2.40. The zero-order valence-corrected chi connectivity index (χ0v) is 11.1. The van der Waals surface area contributed by atoms with E-state index in [1.807, 2.05) is 13.8 Å². The smallest absolute Gasteiger partial charge is 0.353 e. The van der Waals surface area contributed by atoms with Crippen LogP contribution < -0.4 is 11.1 Å². The molecule has 0 fully saturated rings. The molecule has 2 heterocycles. The Morgan fingerprint density at radius 3 is 2.79 bits per heavy atom. The maximum Gasteiger partial charge on any atom is 0.353 e. The molecular formula is C10H12N6O2S. The summed E-state index contributed by atoms with van der Waals surface area (Å²) in [6.07, 6.45) is 2.94. The van der Waals surface area contributed by atoms with Gasteiger partial charge in [0.15, 0.2) is 0 Å². The second-order valence-electron chi connectivity index (χ2n) is 3.89. The van der Waals surface area contributed by atoms with Gasteiger partial charge >= 0.3 is 5.69 Å². The maximum absolute atomic E-state index is 11.0. The number of nitrogens with one attached hydrogen (secondary N) is 1. The van der Waals surface area contributed by atoms with E-state index >= 15 is 0 Å². The molecule has 2 aromatic heterocycles. The maximum atomic E-state index is 11.0. The number of rotatable bonds is 4. The molecule has 2 rings (SSSR count). The summed E-state index contributed by atoms with van der Waals surface area (Å²) in [5.74, 6) is -0.0668. The second kappa shape index (κ2) is 5.14. The Labute approximate surface area is 112 Å². The molecule has 3 N–H and O–H groups in total. The van der Waals surface area contributed by atoms with Gasteiger partial charge in [-0.3, -0.25) is 10.1 Å². The predicted octanol–water partition coefficient (Wildman–Crippen LogP) is 1.91. The van der Waals surface area contributed by atoms with Gasteiger partial charge in [0.25, 0.3) is 0 Å². The first kappa shape index (κ1) is 13.1. The van der Waals surface area contributed by atoms with Crippen LogP contribution in [0.2, 0.25) is 0 Å². The summed E-state index contributed by atoms with van der Waals surface area (Å²) in [6.45, 7) is 3.79. The van der Waals surface area contributed by atoms with E-state index in [1.54, 1.807) is 6.20 Å². The number of nitrogens with zero attached hydrogens (tertiary/aromatic N) is 4. The van der Waals surface area contributed by atoms with Crippen molar-refractivity contribution in [2.24, 2.45) is 0 Å². The summed E-state index contributed by atoms with van der Waals surface area (Å²) in [6, 6.07) is -0.202. The van der Waals surface area contributed by atoms with Crippen molar-refractivity contribution in [3.05, 3.63) is 32.5 Å². The molecule has 0 aliphatic heterocycles. The van der Waals surface area contributed by atoms with Crippen molar-refractivity contribution in [2.45, 2.75) is 19.9 Å². The SMILES string of the molecule is Cc1cnc(C(C)Nc2ncnc(N)c2[N+](=O)[O-])s1. The predicted molar refractivity (Wildman–Crippen MR) is 72.0 cm³/mol. The molecular weight excluding hydrogens is 268 g/mol. The molecule has 1 unspecified atom stereocenters. The second-order valence-corrected chi connectivity index (χ2v) is 5.15. The minimum atomic E-state index is -0.600. The molecule has 0 aromatic carbocycles. The minimum Gasteiger partial charge on any atom is -0.378 e. The molecule has 1 atom stereocenters. The number of nitro groups is 1. The van der Waals surface area contributed by atoms with Crippen molar-refractivity contribution in [1.82, 2.24) is 15.0 Å². The van der Waals surface area contributed by atoms with Gasteiger partial charge in [0.2, 0.25) is 11.6 Å². The Morgan fingerprint density at radius 1 is 1.47 bits per heavy atom. The van der Waals surface area contributed by atoms with Crippen molar-refractivity contribution in [2.75, 3.05) is 11.1 Å². The average Bonchev–Trinajstić information content (AvgIpc) is 2.75. The number of aryl methyl sites for hydroxylation is 1. The van der Waals surface area contributed by atoms with Gasteiger partial charge in [0, 0.05) is 11.1 Å². The lowest BCUT2D eigenvalue weighted by Gasteiger charge is -2.11. The van der Waals surface area contributed by atoms with Crippen molar-refractivity contribution < 1.29 is 4.92 Å². The van der Waals surface area contributed by atoms with Crippen molar-refractivity contribution in [3.63, 3.8) is 0 Å². The van der Waals surface area contributed by atoms with Gasteiger partial charge in [-0.15, -0.1) is 11.3 Å². The molecule has 0 radical (unpaired) electrons. The lowest BCUT2D eigenvalue weighted by Crippen LogP contribution is -2.11. The summed E-state index contributed by atoms with van der Waals surface area (Å²) in [5.41, 5.74) is 5.18. The average molecular weight is 280 g/mol. The van der Waals surface area contributed by atoms with Crippen LogP contribution >= 0.6 is 11.3 Å². The molecule has 0 saturated heterocycles. The molecule has 0 bridgehead atoms. The Morgan fingerprint density at radius 2 is 2.21 bits per heavy atom. The topological polar surface area (TPSA) is 120 Å². The molecule has 0 saturated carbocycles. The van der Waals surface area contributed by atoms with E-state index < -0.39 is 4.92 Å². The Kier molecular flexibility index (Phi) is 3.56. The van der Waals surface area contributed by atoms with Gasteiger partial charge in [-0.25, -0.2) is 15.0 Å². The van der Waals surface area contributed by atoms with Crippen LogP contribution in [-0.4, -0.2) is 19.9 Å². The van der Waals surface area contributed by atoms with Crippen LogP contribution in [0.25, 0.3) is 0 Å². The van der Waals surface area contributed by atoms with E-state index in [0.29, 0.717) is 0 Å². The zero-order valence-electron chi connectivity index (χ0n) is 10.3. The van der Waals surface area contributed by atoms with Crippen LogP contribution in [0.4, 0.5) is 17.3 Å². The highest BCUT2D eigenvalue weighted by molar-refractivity contribution is 7.11. The summed E-state index contributed by atoms with van der Waals surface area (Å²) < 4.78 is 0. The van der Waals surface area contributed by atoms with Gasteiger partial charge in [0.1, 0.15) is 11.3 Å². The molecule has 0 spiro atoms. The zero-order chi connectivity index (χ0) is 14.0. The lowest BCUT2D eigenvalue weighted by atomic mass is 10.3. The lowest BCUT2D eigenvalue weighted by molar-refractivity contribution is -0.383. The Bertz CT molecular complexity index is 614. The molecule has 0 aliphatic carbocycles. The van der Waals surface area contributed by atoms with E-state index in [2.05, 4.69) is 20.3 Å². The van der Waals surface area contributed by atoms with Crippen molar-refractivity contribution >= 4 is 28.7 Å². The van der Waals surface area contributed by atoms with Gasteiger partial charge in [-0.2, -0.15) is 0 Å². The van der Waals surface area contributed by atoms with Crippen LogP contribution in [0.5, 0.6) is 0 Å². The van der Waals surface area contributed by atoms with E-state index in [0.717, 1.165) is 9.88 Å². The molecule has 2 aromatic rings. The van der Waals surface area contributed by atoms with Crippen molar-refractivity contribution in [1.29, 1.82) is 0 Å². The van der Waals surface area contributed by atoms with E-state index in [1.165, 1.54) is 17.7 Å². The highest BCUT2D eigenvalue weighted by Crippen LogP contribution is 2.30. The van der Waals surface area contributed by atoms with Crippen LogP contribution in [-0.2, 0) is 0 Å². The minimum absolute atomic E-state index is 0.0952. The number of hydrogen-bond acceptors (Lipinski definition) is 8. The third kappa shape index (κ3) is 2.76. The highest BCUT2D eigenvalue weighted by Gasteiger charge is 2.23. The quantitative estimate of drug-likeness (QED) is 0.648. The molecule has 8 nitrogen and oxygen atoms in total. The first-order valence-electron chi connectivity index (χ1n) is 5.42. The summed E-state index contributed by atoms with van der Waals surface area (Å²) in [7, 11) is 0. The van der Waals surface area contributed by atoms with Crippen LogP contribution in [0.1, 0.15) is 22.9 Å². The highest BCUT2D eigenvalue weighted by atomic mass is 32.1. The van der Waals surface area contributed by atoms with Crippen LogP contribution in [0.3, 0.4) is 0 Å². The molecule has 0 aliphatic rings. The third-order valence-corrected chi connectivity index (χ3v) is 3.49. The fourth-order valence-electron chi connectivity index (χ4n) is 1.52. The monoisotopic (exact) mass is 280 g/mol. The molecule has 0 amide bonds. The standard InChI is InChI=1S/C10H12N6O2S/c1-5-3-12-10(19-5)6(2)15-9-7(16(17)18)8(11)13-4-14-9/h3-4,6H,1-2H3,(H3,11,13,14,15). The molecule has 19 heavy (non-hydrogen) atoms. The van der Waals surface area contributed by atoms with Crippen LogP contribution in [0.15, 0.2) is 12.5 Å². The van der Waals surface area contributed by atoms with Gasteiger partial charge in [-0.1, -0.05) is 0 Å².